The number of rotatable bonds is 4. The Morgan fingerprint density at radius 3 is 2.59 bits per heavy atom. The molecule has 0 atom stereocenters. The first-order valence-corrected chi connectivity index (χ1v) is 7.75. The molecule has 4 aromatic rings. The Bertz CT molecular complexity index is 1220. The van der Waals surface area contributed by atoms with E-state index in [4.69, 9.17) is 8.83 Å². The molecule has 0 bridgehead atoms. The highest BCUT2D eigenvalue weighted by molar-refractivity contribution is 5.82. The van der Waals surface area contributed by atoms with Gasteiger partial charge in [0, 0.05) is 23.7 Å². The predicted octanol–water partition coefficient (Wildman–Crippen LogP) is 3.50. The lowest BCUT2D eigenvalue weighted by Gasteiger charge is -1.97. The van der Waals surface area contributed by atoms with Crippen LogP contribution in [0.25, 0.3) is 22.4 Å². The average Bonchev–Trinajstić information content (AvgIpc) is 3.15. The Labute approximate surface area is 150 Å². The number of fused-ring (bicyclic) bond motifs is 1. The zero-order chi connectivity index (χ0) is 18.8. The molecule has 9 nitrogen and oxygen atoms in total. The molecule has 0 fully saturated rings. The molecule has 0 saturated heterocycles. The molecule has 0 unspecified atom stereocenters. The fourth-order valence-corrected chi connectivity index (χ4v) is 2.40. The van der Waals surface area contributed by atoms with E-state index in [-0.39, 0.29) is 23.2 Å². The Balaban J connectivity index is 1.61. The number of para-hydroxylation sites is 1. The normalized spacial score (nSPS) is 11.3. The first-order chi connectivity index (χ1) is 13.1. The standard InChI is InChI=1S/C18H10N4O5/c23-17-14(9-12-3-1-2-4-15(12)26-17)16-20-21-18(27-16)19-10-11-5-7-13(8-6-11)22(24)25/h1-10H. The predicted molar refractivity (Wildman–Crippen MR) is 96.1 cm³/mol. The van der Waals surface area contributed by atoms with Crippen molar-refractivity contribution < 1.29 is 13.8 Å². The third kappa shape index (κ3) is 3.33. The highest BCUT2D eigenvalue weighted by atomic mass is 16.6. The lowest BCUT2D eigenvalue weighted by molar-refractivity contribution is -0.384. The van der Waals surface area contributed by atoms with Gasteiger partial charge in [-0.15, -0.1) is 5.10 Å². The number of aliphatic imine (C=N–C) groups is 1. The summed E-state index contributed by atoms with van der Waals surface area (Å²) in [5, 5.41) is 19.0. The lowest BCUT2D eigenvalue weighted by atomic mass is 10.2. The monoisotopic (exact) mass is 362 g/mol. The van der Waals surface area contributed by atoms with E-state index >= 15 is 0 Å². The van der Waals surface area contributed by atoms with E-state index in [1.807, 2.05) is 6.07 Å². The largest absolute Gasteiger partial charge is 0.422 e. The smallest absolute Gasteiger partial charge is 0.349 e. The van der Waals surface area contributed by atoms with Crippen molar-refractivity contribution in [2.24, 2.45) is 4.99 Å². The van der Waals surface area contributed by atoms with Crippen LogP contribution in [-0.4, -0.2) is 21.3 Å². The number of nitro benzene ring substituents is 1. The third-order valence-corrected chi connectivity index (χ3v) is 3.71. The summed E-state index contributed by atoms with van der Waals surface area (Å²) < 4.78 is 10.6. The maximum absolute atomic E-state index is 12.1. The van der Waals surface area contributed by atoms with Crippen LogP contribution < -0.4 is 5.63 Å². The molecule has 2 aromatic heterocycles. The van der Waals surface area contributed by atoms with Gasteiger partial charge in [-0.3, -0.25) is 10.1 Å². The number of hydrogen-bond donors (Lipinski definition) is 0. The van der Waals surface area contributed by atoms with Crippen molar-refractivity contribution in [3.8, 4) is 11.5 Å². The highest BCUT2D eigenvalue weighted by Gasteiger charge is 2.14. The third-order valence-electron chi connectivity index (χ3n) is 3.71. The van der Waals surface area contributed by atoms with Gasteiger partial charge in [0.2, 0.25) is 0 Å². The zero-order valence-electron chi connectivity index (χ0n) is 13.6. The minimum Gasteiger partial charge on any atom is -0.422 e. The molecule has 0 radical (unpaired) electrons. The zero-order valence-corrected chi connectivity index (χ0v) is 13.6. The molecule has 0 N–H and O–H groups in total. The van der Waals surface area contributed by atoms with E-state index in [0.29, 0.717) is 11.1 Å². The highest BCUT2D eigenvalue weighted by Crippen LogP contribution is 2.22. The molecular weight excluding hydrogens is 352 g/mol. The van der Waals surface area contributed by atoms with Crippen molar-refractivity contribution in [1.82, 2.24) is 10.2 Å². The Morgan fingerprint density at radius 1 is 1.04 bits per heavy atom. The van der Waals surface area contributed by atoms with Gasteiger partial charge in [-0.05, 0) is 29.8 Å². The van der Waals surface area contributed by atoms with Crippen LogP contribution in [-0.2, 0) is 0 Å². The molecule has 0 aliphatic carbocycles. The van der Waals surface area contributed by atoms with E-state index in [1.165, 1.54) is 30.5 Å². The second-order valence-electron chi connectivity index (χ2n) is 5.48. The Hall–Kier alpha value is -4.14. The van der Waals surface area contributed by atoms with Crippen LogP contribution >= 0.6 is 0 Å². The molecule has 0 aliphatic heterocycles. The van der Waals surface area contributed by atoms with Gasteiger partial charge in [-0.2, -0.15) is 0 Å². The van der Waals surface area contributed by atoms with Crippen LogP contribution in [0.3, 0.4) is 0 Å². The second-order valence-corrected chi connectivity index (χ2v) is 5.48. The van der Waals surface area contributed by atoms with Gasteiger partial charge in [0.25, 0.3) is 11.6 Å². The van der Waals surface area contributed by atoms with E-state index in [1.54, 1.807) is 24.3 Å². The van der Waals surface area contributed by atoms with E-state index in [0.717, 1.165) is 5.39 Å². The Morgan fingerprint density at radius 2 is 1.81 bits per heavy atom. The SMILES string of the molecule is O=c1oc2ccccc2cc1-c1nnc(N=Cc2ccc([N+](=O)[O-])cc2)o1. The van der Waals surface area contributed by atoms with Gasteiger partial charge in [0.1, 0.15) is 11.1 Å². The first-order valence-electron chi connectivity index (χ1n) is 7.75. The summed E-state index contributed by atoms with van der Waals surface area (Å²) in [4.78, 5) is 26.3. The summed E-state index contributed by atoms with van der Waals surface area (Å²) in [5.41, 5.74) is 0.601. The topological polar surface area (TPSA) is 125 Å². The molecule has 2 aromatic carbocycles. The fraction of sp³-hybridized carbons (Fsp3) is 0. The van der Waals surface area contributed by atoms with Crippen molar-refractivity contribution in [2.75, 3.05) is 0 Å². The van der Waals surface area contributed by atoms with E-state index in [2.05, 4.69) is 15.2 Å². The van der Waals surface area contributed by atoms with Crippen molar-refractivity contribution in [3.63, 3.8) is 0 Å². The molecule has 0 amide bonds. The number of aromatic nitrogens is 2. The molecule has 0 saturated carbocycles. The van der Waals surface area contributed by atoms with Crippen LogP contribution in [0.2, 0.25) is 0 Å². The lowest BCUT2D eigenvalue weighted by Crippen LogP contribution is -2.02. The molecule has 132 valence electrons. The quantitative estimate of drug-likeness (QED) is 0.235. The van der Waals surface area contributed by atoms with Crippen LogP contribution in [0.4, 0.5) is 11.7 Å². The van der Waals surface area contributed by atoms with Crippen molar-refractivity contribution >= 4 is 28.9 Å². The number of benzene rings is 2. The number of nitro groups is 1. The molecule has 2 heterocycles. The second kappa shape index (κ2) is 6.64. The summed E-state index contributed by atoms with van der Waals surface area (Å²) in [6.45, 7) is 0. The van der Waals surface area contributed by atoms with Crippen LogP contribution in [0.15, 0.2) is 73.2 Å². The molecule has 0 aliphatic rings. The van der Waals surface area contributed by atoms with Crippen LogP contribution in [0, 0.1) is 10.1 Å². The summed E-state index contributed by atoms with van der Waals surface area (Å²) in [6.07, 6.45) is 1.42. The Kier molecular flexibility index (Phi) is 4.01. The molecule has 4 rings (SSSR count). The van der Waals surface area contributed by atoms with Gasteiger partial charge in [0.15, 0.2) is 0 Å². The maximum Gasteiger partial charge on any atom is 0.349 e. The molecule has 9 heteroatoms. The number of nitrogens with zero attached hydrogens (tertiary/aromatic N) is 4. The van der Waals surface area contributed by atoms with Crippen molar-refractivity contribution in [3.05, 3.63) is 80.7 Å². The van der Waals surface area contributed by atoms with Gasteiger partial charge in [0.05, 0.1) is 4.92 Å². The van der Waals surface area contributed by atoms with Crippen molar-refractivity contribution in [1.29, 1.82) is 0 Å². The van der Waals surface area contributed by atoms with Crippen LogP contribution in [0.1, 0.15) is 5.56 Å². The van der Waals surface area contributed by atoms with E-state index < -0.39 is 10.5 Å². The van der Waals surface area contributed by atoms with Crippen molar-refractivity contribution in [2.45, 2.75) is 0 Å². The van der Waals surface area contributed by atoms with E-state index in [9.17, 15) is 14.9 Å². The first kappa shape index (κ1) is 16.3. The molecule has 0 spiro atoms. The summed E-state index contributed by atoms with van der Waals surface area (Å²) >= 11 is 0. The van der Waals surface area contributed by atoms with Gasteiger partial charge in [-0.25, -0.2) is 9.79 Å². The summed E-state index contributed by atoms with van der Waals surface area (Å²) in [6, 6.07) is 14.4. The van der Waals surface area contributed by atoms with Gasteiger partial charge < -0.3 is 8.83 Å². The fourth-order valence-electron chi connectivity index (χ4n) is 2.40. The molecular formula is C18H10N4O5. The number of hydrogen-bond acceptors (Lipinski definition) is 8. The molecule has 27 heavy (non-hydrogen) atoms. The maximum atomic E-state index is 12.1. The average molecular weight is 362 g/mol. The minimum absolute atomic E-state index is 0.00893. The minimum atomic E-state index is -0.594. The summed E-state index contributed by atoms with van der Waals surface area (Å²) in [7, 11) is 0. The van der Waals surface area contributed by atoms with Crippen LogP contribution in [0.5, 0.6) is 0 Å². The number of non-ortho nitro benzene ring substituents is 1. The summed E-state index contributed by atoms with van der Waals surface area (Å²) in [5.74, 6) is -0.00893. The van der Waals surface area contributed by atoms with Gasteiger partial charge in [-0.1, -0.05) is 23.3 Å². The van der Waals surface area contributed by atoms with Gasteiger partial charge >= 0.3 is 11.6 Å².